The Labute approximate surface area is 381 Å². The highest BCUT2D eigenvalue weighted by atomic mass is 16.3. The van der Waals surface area contributed by atoms with Gasteiger partial charge in [-0.05, 0) is 122 Å². The number of nitrogens with zero attached hydrogens (tertiary/aromatic N) is 1. The number of furan rings is 1. The zero-order valence-electron chi connectivity index (χ0n) is 36.9. The lowest BCUT2D eigenvalue weighted by Gasteiger charge is -2.34. The number of hydrogen-bond donors (Lipinski definition) is 0. The molecule has 0 amide bonds. The summed E-state index contributed by atoms with van der Waals surface area (Å²) in [6.45, 7) is 2.35. The molecule has 1 atom stereocenters. The molecular formula is C63H51NO. The Bertz CT molecular complexity index is 3440. The minimum Gasteiger partial charge on any atom is -0.455 e. The summed E-state index contributed by atoms with van der Waals surface area (Å²) in [6.07, 6.45) is 12.2. The Morgan fingerprint density at radius 3 is 1.91 bits per heavy atom. The Morgan fingerprint density at radius 1 is 0.477 bits per heavy atom. The smallest absolute Gasteiger partial charge is 0.143 e. The average Bonchev–Trinajstić information content (AvgIpc) is 3.76. The molecule has 2 heteroatoms. The molecule has 314 valence electrons. The van der Waals surface area contributed by atoms with Gasteiger partial charge in [-0.15, -0.1) is 0 Å². The van der Waals surface area contributed by atoms with Gasteiger partial charge < -0.3 is 9.32 Å². The molecule has 0 spiro atoms. The van der Waals surface area contributed by atoms with Crippen molar-refractivity contribution in [2.75, 3.05) is 4.90 Å². The van der Waals surface area contributed by atoms with Gasteiger partial charge in [0.1, 0.15) is 11.2 Å². The molecular weight excluding hydrogens is 787 g/mol. The van der Waals surface area contributed by atoms with Crippen molar-refractivity contribution in [2.45, 2.75) is 51.4 Å². The van der Waals surface area contributed by atoms with Crippen LogP contribution in [0.3, 0.4) is 0 Å². The first-order valence-electron chi connectivity index (χ1n) is 23.6. The van der Waals surface area contributed by atoms with Gasteiger partial charge >= 0.3 is 0 Å². The fraction of sp³-hybridized carbons (Fsp3) is 0.143. The third kappa shape index (κ3) is 6.96. The predicted molar refractivity (Wildman–Crippen MR) is 276 cm³/mol. The summed E-state index contributed by atoms with van der Waals surface area (Å²) in [5, 5.41) is 7.54. The maximum atomic E-state index is 6.56. The topological polar surface area (TPSA) is 16.4 Å². The van der Waals surface area contributed by atoms with Crippen molar-refractivity contribution in [3.63, 3.8) is 0 Å². The molecule has 9 aromatic carbocycles. The summed E-state index contributed by atoms with van der Waals surface area (Å²) in [7, 11) is 0. The fourth-order valence-electron chi connectivity index (χ4n) is 11.2. The van der Waals surface area contributed by atoms with Gasteiger partial charge in [-0.1, -0.05) is 202 Å². The fourth-order valence-corrected chi connectivity index (χ4v) is 11.2. The first-order chi connectivity index (χ1) is 32.2. The number of benzene rings is 9. The number of fused-ring (bicyclic) bond motifs is 5. The van der Waals surface area contributed by atoms with E-state index in [1.54, 1.807) is 0 Å². The molecule has 1 unspecified atom stereocenters. The Balaban J connectivity index is 1.10. The van der Waals surface area contributed by atoms with Crippen molar-refractivity contribution in [1.82, 2.24) is 0 Å². The van der Waals surface area contributed by atoms with Crippen molar-refractivity contribution < 1.29 is 4.42 Å². The van der Waals surface area contributed by atoms with Crippen LogP contribution in [0.15, 0.2) is 216 Å². The molecule has 0 aliphatic heterocycles. The molecule has 0 bridgehead atoms. The third-order valence-electron chi connectivity index (χ3n) is 14.2. The van der Waals surface area contributed by atoms with E-state index in [2.05, 4.69) is 212 Å². The van der Waals surface area contributed by atoms with Crippen molar-refractivity contribution in [3.8, 4) is 33.4 Å². The number of allylic oxidation sites excluding steroid dienone is 3. The summed E-state index contributed by atoms with van der Waals surface area (Å²) >= 11 is 0. The monoisotopic (exact) mass is 837 g/mol. The predicted octanol–water partition coefficient (Wildman–Crippen LogP) is 18.1. The molecule has 1 heterocycles. The molecule has 2 aliphatic carbocycles. The Kier molecular flexibility index (Phi) is 10.0. The zero-order valence-corrected chi connectivity index (χ0v) is 36.9. The average molecular weight is 838 g/mol. The molecule has 10 aromatic rings. The second-order valence-electron chi connectivity index (χ2n) is 18.2. The van der Waals surface area contributed by atoms with Gasteiger partial charge in [0, 0.05) is 33.3 Å². The first kappa shape index (κ1) is 39.2. The van der Waals surface area contributed by atoms with Crippen LogP contribution in [0.2, 0.25) is 0 Å². The molecule has 2 aliphatic rings. The molecule has 1 aromatic heterocycles. The van der Waals surface area contributed by atoms with Crippen LogP contribution in [0, 0.1) is 5.92 Å². The van der Waals surface area contributed by atoms with Crippen LogP contribution in [0.25, 0.3) is 82.4 Å². The highest BCUT2D eigenvalue weighted by molar-refractivity contribution is 6.10. The van der Waals surface area contributed by atoms with Gasteiger partial charge in [0.05, 0.1) is 5.69 Å². The van der Waals surface area contributed by atoms with E-state index < -0.39 is 0 Å². The molecule has 1 saturated carbocycles. The molecule has 2 nitrogen and oxygen atoms in total. The molecule has 12 rings (SSSR count). The lowest BCUT2D eigenvalue weighted by Crippen LogP contribution is -2.20. The number of anilines is 2. The Hall–Kier alpha value is -7.42. The second kappa shape index (κ2) is 16.6. The lowest BCUT2D eigenvalue weighted by molar-refractivity contribution is 0.445. The van der Waals surface area contributed by atoms with Crippen molar-refractivity contribution in [3.05, 3.63) is 223 Å². The standard InChI is InChI=1S/C63H51NO/c1-42-35-40-59(57(41-42)55-31-15-24-47-22-13-28-50(62(47)55)44-19-6-3-7-20-44)64(48-38-36-45(37-39-48)51-29-16-32-56-53-26-9-11-34-60(53)65-63(51)56)58-33-10-8-25-52(58)54-30-14-23-46-21-12-27-49(61(46)54)43-17-4-2-5-18-43/h3,6-16,19-40,42-43H,2,4-5,17-18,41H2,1H3. The van der Waals surface area contributed by atoms with E-state index in [0.717, 1.165) is 45.2 Å². The molecule has 0 saturated heterocycles. The maximum Gasteiger partial charge on any atom is 0.143 e. The van der Waals surface area contributed by atoms with Gasteiger partial charge in [-0.3, -0.25) is 0 Å². The van der Waals surface area contributed by atoms with Crippen molar-refractivity contribution in [1.29, 1.82) is 0 Å². The summed E-state index contributed by atoms with van der Waals surface area (Å²) in [5.74, 6) is 0.940. The molecule has 0 radical (unpaired) electrons. The van der Waals surface area contributed by atoms with Crippen molar-refractivity contribution >= 4 is 60.4 Å². The minimum absolute atomic E-state index is 0.368. The van der Waals surface area contributed by atoms with Crippen molar-refractivity contribution in [2.24, 2.45) is 5.92 Å². The summed E-state index contributed by atoms with van der Waals surface area (Å²) in [6, 6.07) is 71.7. The zero-order chi connectivity index (χ0) is 43.3. The van der Waals surface area contributed by atoms with E-state index in [0.29, 0.717) is 11.8 Å². The van der Waals surface area contributed by atoms with E-state index in [9.17, 15) is 0 Å². The van der Waals surface area contributed by atoms with E-state index in [1.165, 1.54) is 104 Å². The van der Waals surface area contributed by atoms with Gasteiger partial charge in [0.25, 0.3) is 0 Å². The van der Waals surface area contributed by atoms with E-state index in [4.69, 9.17) is 4.42 Å². The van der Waals surface area contributed by atoms with Crippen LogP contribution in [-0.2, 0) is 0 Å². The van der Waals surface area contributed by atoms with Crippen LogP contribution in [0.1, 0.15) is 62.5 Å². The van der Waals surface area contributed by atoms with Crippen LogP contribution in [0.5, 0.6) is 0 Å². The summed E-state index contributed by atoms with van der Waals surface area (Å²) < 4.78 is 6.56. The normalized spacial score (nSPS) is 15.7. The quantitative estimate of drug-likeness (QED) is 0.152. The van der Waals surface area contributed by atoms with Crippen LogP contribution < -0.4 is 4.90 Å². The van der Waals surface area contributed by atoms with Gasteiger partial charge in [0.2, 0.25) is 0 Å². The lowest BCUT2D eigenvalue weighted by atomic mass is 9.80. The second-order valence-corrected chi connectivity index (χ2v) is 18.2. The highest BCUT2D eigenvalue weighted by Crippen LogP contribution is 2.48. The molecule has 65 heavy (non-hydrogen) atoms. The summed E-state index contributed by atoms with van der Waals surface area (Å²) in [4.78, 5) is 2.56. The molecule has 1 fully saturated rings. The minimum atomic E-state index is 0.368. The number of para-hydroxylation sites is 3. The van der Waals surface area contributed by atoms with E-state index in [-0.39, 0.29) is 0 Å². The van der Waals surface area contributed by atoms with Crippen LogP contribution >= 0.6 is 0 Å². The van der Waals surface area contributed by atoms with E-state index >= 15 is 0 Å². The molecule has 0 N–H and O–H groups in total. The first-order valence-corrected chi connectivity index (χ1v) is 23.6. The largest absolute Gasteiger partial charge is 0.455 e. The maximum absolute atomic E-state index is 6.56. The van der Waals surface area contributed by atoms with Gasteiger partial charge in [-0.2, -0.15) is 0 Å². The van der Waals surface area contributed by atoms with Gasteiger partial charge in [-0.25, -0.2) is 0 Å². The highest BCUT2D eigenvalue weighted by Gasteiger charge is 2.28. The Morgan fingerprint density at radius 2 is 1.09 bits per heavy atom. The van der Waals surface area contributed by atoms with E-state index in [1.807, 2.05) is 6.07 Å². The van der Waals surface area contributed by atoms with Crippen LogP contribution in [0.4, 0.5) is 11.4 Å². The summed E-state index contributed by atoms with van der Waals surface area (Å²) in [5.41, 5.74) is 16.7. The third-order valence-corrected chi connectivity index (χ3v) is 14.2. The number of hydrogen-bond acceptors (Lipinski definition) is 2. The van der Waals surface area contributed by atoms with Gasteiger partial charge in [0.15, 0.2) is 0 Å². The van der Waals surface area contributed by atoms with Crippen LogP contribution in [-0.4, -0.2) is 0 Å². The number of rotatable bonds is 8. The SMILES string of the molecule is CC1C=CC(N(c2ccc(-c3cccc4c3oc3ccccc34)cc2)c2ccccc2-c2cccc3cccc(C4CCCCC4)c23)=C(c2cccc3cccc(-c4ccccc4)c23)C1.